The van der Waals surface area contributed by atoms with E-state index in [-0.39, 0.29) is 44.5 Å². The molecule has 0 radical (unpaired) electrons. The normalized spacial score (nSPS) is 29.2. The van der Waals surface area contributed by atoms with Crippen molar-refractivity contribution in [2.45, 2.75) is 89.7 Å². The Morgan fingerprint density at radius 2 is 1.94 bits per heavy atom. The molecule has 0 spiro atoms. The number of ether oxygens (including phenoxy) is 3. The second-order valence-corrected chi connectivity index (χ2v) is 10.0. The number of rotatable bonds is 13. The molecule has 0 bridgehead atoms. The van der Waals surface area contributed by atoms with Crippen molar-refractivity contribution in [2.75, 3.05) is 21.2 Å². The van der Waals surface area contributed by atoms with E-state index < -0.39 is 29.6 Å². The monoisotopic (exact) mass is 459 g/mol. The number of carbonyl (C=O) groups excluding carboxylic acids is 3. The molecule has 9 heteroatoms. The van der Waals surface area contributed by atoms with E-state index in [4.69, 9.17) is 14.2 Å². The van der Waals surface area contributed by atoms with Gasteiger partial charge in [-0.25, -0.2) is 0 Å². The van der Waals surface area contributed by atoms with Gasteiger partial charge in [0.15, 0.2) is 14.8 Å². The van der Waals surface area contributed by atoms with E-state index >= 15 is 0 Å². The Kier molecular flexibility index (Phi) is 11.1. The molecular weight excluding hydrogens is 421 g/mol. The van der Waals surface area contributed by atoms with Gasteiger partial charge in [-0.05, 0) is 47.7 Å². The van der Waals surface area contributed by atoms with E-state index in [2.05, 4.69) is 0 Å². The first-order chi connectivity index (χ1) is 14.4. The third-order valence-electron chi connectivity index (χ3n) is 6.09. The SMILES string of the molecule is CO[C@](C)(C[C@@H](C)C=O)[C@H](O[C@@H]1O[C@H](C)CC(N(C)C)[C@H]1P=O)[C@@H](C)C(=O)CC(C)=O. The summed E-state index contributed by atoms with van der Waals surface area (Å²) in [7, 11) is 5.22. The number of hydrogen-bond donors (Lipinski definition) is 0. The molecule has 1 fully saturated rings. The van der Waals surface area contributed by atoms with Crippen LogP contribution in [0.1, 0.15) is 53.9 Å². The average Bonchev–Trinajstić information content (AvgIpc) is 2.70. The van der Waals surface area contributed by atoms with Gasteiger partial charge in [0.1, 0.15) is 23.5 Å². The number of carbonyl (C=O) groups is 3. The number of nitrogens with zero attached hydrogens (tertiary/aromatic N) is 1. The Balaban J connectivity index is 3.34. The Hall–Kier alpha value is -1.05. The Labute approximate surface area is 187 Å². The summed E-state index contributed by atoms with van der Waals surface area (Å²) in [5.41, 5.74) is -1.47. The smallest absolute Gasteiger partial charge is 0.173 e. The predicted molar refractivity (Wildman–Crippen MR) is 117 cm³/mol. The average molecular weight is 460 g/mol. The van der Waals surface area contributed by atoms with E-state index in [0.717, 1.165) is 6.29 Å². The van der Waals surface area contributed by atoms with Gasteiger partial charge in [0.05, 0.1) is 24.2 Å². The third kappa shape index (κ3) is 7.50. The van der Waals surface area contributed by atoms with Crippen molar-refractivity contribution in [3.8, 4) is 0 Å². The zero-order valence-electron chi connectivity index (χ0n) is 20.0. The second-order valence-electron chi connectivity index (χ2n) is 9.20. The zero-order valence-corrected chi connectivity index (χ0v) is 20.9. The molecule has 8 nitrogen and oxygen atoms in total. The van der Waals surface area contributed by atoms with Gasteiger partial charge < -0.3 is 23.9 Å². The second kappa shape index (κ2) is 12.3. The van der Waals surface area contributed by atoms with Crippen LogP contribution in [0.5, 0.6) is 0 Å². The highest BCUT2D eigenvalue weighted by molar-refractivity contribution is 7.24. The topological polar surface area (TPSA) is 99.2 Å². The molecule has 0 aliphatic carbocycles. The molecule has 1 aliphatic rings. The highest BCUT2D eigenvalue weighted by atomic mass is 31.1. The van der Waals surface area contributed by atoms with Gasteiger partial charge >= 0.3 is 0 Å². The van der Waals surface area contributed by atoms with Crippen LogP contribution in [0, 0.1) is 11.8 Å². The van der Waals surface area contributed by atoms with Crippen LogP contribution in [0.4, 0.5) is 0 Å². The highest BCUT2D eigenvalue weighted by Crippen LogP contribution is 2.37. The van der Waals surface area contributed by atoms with Crippen molar-refractivity contribution >= 4 is 26.3 Å². The molecule has 0 saturated carbocycles. The van der Waals surface area contributed by atoms with Crippen LogP contribution in [0.3, 0.4) is 0 Å². The van der Waals surface area contributed by atoms with Crippen LogP contribution in [-0.4, -0.2) is 79.8 Å². The number of hydrogen-bond acceptors (Lipinski definition) is 8. The molecule has 31 heavy (non-hydrogen) atoms. The van der Waals surface area contributed by atoms with Gasteiger partial charge in [0.2, 0.25) is 0 Å². The summed E-state index contributed by atoms with van der Waals surface area (Å²) in [6.07, 6.45) is -0.161. The summed E-state index contributed by atoms with van der Waals surface area (Å²) in [5.74, 6) is -1.54. The van der Waals surface area contributed by atoms with Crippen molar-refractivity contribution in [1.29, 1.82) is 0 Å². The van der Waals surface area contributed by atoms with E-state index in [1.807, 2.05) is 25.9 Å². The Morgan fingerprint density at radius 1 is 1.32 bits per heavy atom. The number of aldehydes is 1. The van der Waals surface area contributed by atoms with E-state index in [0.29, 0.717) is 12.8 Å². The summed E-state index contributed by atoms with van der Waals surface area (Å²) >= 11 is 0. The first-order valence-corrected chi connectivity index (χ1v) is 11.6. The molecule has 0 amide bonds. The van der Waals surface area contributed by atoms with Crippen molar-refractivity contribution in [2.24, 2.45) is 11.8 Å². The maximum Gasteiger partial charge on any atom is 0.173 e. The van der Waals surface area contributed by atoms with Crippen LogP contribution in [0.2, 0.25) is 0 Å². The van der Waals surface area contributed by atoms with Gasteiger partial charge in [-0.15, -0.1) is 0 Å². The molecule has 0 aromatic rings. The van der Waals surface area contributed by atoms with E-state index in [1.165, 1.54) is 14.0 Å². The van der Waals surface area contributed by atoms with Gasteiger partial charge in [0, 0.05) is 25.0 Å². The molecule has 0 aromatic heterocycles. The third-order valence-corrected chi connectivity index (χ3v) is 6.92. The summed E-state index contributed by atoms with van der Waals surface area (Å²) in [6, 6.07) is -0.0421. The highest BCUT2D eigenvalue weighted by Gasteiger charge is 2.48. The predicted octanol–water partition coefficient (Wildman–Crippen LogP) is 2.91. The van der Waals surface area contributed by atoms with E-state index in [1.54, 1.807) is 20.8 Å². The van der Waals surface area contributed by atoms with Crippen LogP contribution in [0.15, 0.2) is 0 Å². The summed E-state index contributed by atoms with van der Waals surface area (Å²) < 4.78 is 30.3. The lowest BCUT2D eigenvalue weighted by Crippen LogP contribution is -2.57. The molecule has 178 valence electrons. The lowest BCUT2D eigenvalue weighted by molar-refractivity contribution is -0.259. The molecule has 0 aromatic carbocycles. The fourth-order valence-corrected chi connectivity index (χ4v) is 5.06. The van der Waals surface area contributed by atoms with Crippen molar-refractivity contribution in [3.63, 3.8) is 0 Å². The first-order valence-electron chi connectivity index (χ1n) is 10.7. The van der Waals surface area contributed by atoms with Crippen LogP contribution < -0.4 is 0 Å². The fraction of sp³-hybridized carbons (Fsp3) is 0.864. The van der Waals surface area contributed by atoms with Crippen molar-refractivity contribution in [3.05, 3.63) is 0 Å². The quantitative estimate of drug-likeness (QED) is 0.236. The fourth-order valence-electron chi connectivity index (χ4n) is 4.29. The molecular formula is C22H38NO7P. The standard InChI is InChI=1S/C22H38NO7P/c1-13(12-24)11-22(5,28-8)20(16(4)18(26)9-14(2)25)30-21-19(31-27)17(23(6)7)10-15(3)29-21/h12-13,15-17,19-21H,9-11H2,1-8H3/t13-,15-,16+,17?,19-,20-,21+,22-/m1/s1. The maximum absolute atomic E-state index is 12.8. The molecule has 1 rings (SSSR count). The molecule has 1 saturated heterocycles. The van der Waals surface area contributed by atoms with E-state index in [9.17, 15) is 18.9 Å². The minimum absolute atomic E-state index is 0.0421. The zero-order chi connectivity index (χ0) is 23.9. The van der Waals surface area contributed by atoms with Crippen molar-refractivity contribution in [1.82, 2.24) is 4.90 Å². The summed E-state index contributed by atoms with van der Waals surface area (Å²) in [4.78, 5) is 37.7. The largest absolute Gasteiger partial charge is 0.376 e. The van der Waals surface area contributed by atoms with Crippen LogP contribution >= 0.6 is 8.46 Å². The molecule has 8 atom stereocenters. The molecule has 0 N–H and O–H groups in total. The lowest BCUT2D eigenvalue weighted by atomic mass is 9.80. The van der Waals surface area contributed by atoms with Crippen LogP contribution in [0.25, 0.3) is 0 Å². The van der Waals surface area contributed by atoms with Gasteiger partial charge in [-0.2, -0.15) is 0 Å². The summed E-state index contributed by atoms with van der Waals surface area (Å²) in [6.45, 7) is 8.54. The number of methoxy groups -OCH3 is 1. The first kappa shape index (κ1) is 28.0. The van der Waals surface area contributed by atoms with Crippen molar-refractivity contribution < 1.29 is 33.2 Å². The van der Waals surface area contributed by atoms with Gasteiger partial charge in [-0.3, -0.25) is 14.2 Å². The Morgan fingerprint density at radius 3 is 2.39 bits per heavy atom. The minimum atomic E-state index is -1.01. The lowest BCUT2D eigenvalue weighted by Gasteiger charge is -2.46. The summed E-state index contributed by atoms with van der Waals surface area (Å²) in [5, 5.41) is 0. The maximum atomic E-state index is 12.8. The van der Waals surface area contributed by atoms with Crippen LogP contribution in [-0.2, 0) is 33.2 Å². The molecule has 1 unspecified atom stereocenters. The van der Waals surface area contributed by atoms with Gasteiger partial charge in [-0.1, -0.05) is 13.8 Å². The van der Waals surface area contributed by atoms with Gasteiger partial charge in [0.25, 0.3) is 0 Å². The molecule has 1 heterocycles. The number of ketones is 2. The Bertz CT molecular complexity index is 643. The minimum Gasteiger partial charge on any atom is -0.376 e. The number of Topliss-reactive ketones (excluding diaryl/α,β-unsaturated/α-hetero) is 2. The molecule has 1 aliphatic heterocycles.